The molecule has 0 atom stereocenters. The zero-order chi connectivity index (χ0) is 19.8. The van der Waals surface area contributed by atoms with Crippen LogP contribution in [0.4, 0.5) is 13.2 Å². The van der Waals surface area contributed by atoms with Gasteiger partial charge in [0, 0.05) is 11.8 Å². The number of hydrogen-bond acceptors (Lipinski definition) is 4. The molecule has 0 spiro atoms. The van der Waals surface area contributed by atoms with Crippen LogP contribution in [0.2, 0.25) is 0 Å². The summed E-state index contributed by atoms with van der Waals surface area (Å²) in [7, 11) is 0. The Bertz CT molecular complexity index is 977. The van der Waals surface area contributed by atoms with Crippen molar-refractivity contribution in [1.29, 1.82) is 0 Å². The first-order valence-corrected chi connectivity index (χ1v) is 8.87. The number of carbonyl (C=O) groups excluding carboxylic acids is 1. The number of benzene rings is 1. The van der Waals surface area contributed by atoms with E-state index in [9.17, 15) is 18.0 Å². The van der Waals surface area contributed by atoms with Crippen LogP contribution in [-0.4, -0.2) is 20.7 Å². The molecule has 8 heteroatoms. The van der Waals surface area contributed by atoms with Gasteiger partial charge in [0.25, 0.3) is 5.91 Å². The Morgan fingerprint density at radius 1 is 1.04 bits per heavy atom. The fourth-order valence-electron chi connectivity index (χ4n) is 2.51. The maximum absolute atomic E-state index is 12.7. The average molecular weight is 391 g/mol. The molecule has 0 saturated carbocycles. The van der Waals surface area contributed by atoms with E-state index in [1.54, 1.807) is 26.0 Å². The number of alkyl halides is 3. The van der Waals surface area contributed by atoms with E-state index in [0.29, 0.717) is 26.9 Å². The first-order valence-electron chi connectivity index (χ1n) is 8.05. The van der Waals surface area contributed by atoms with Gasteiger partial charge in [-0.05, 0) is 45.0 Å². The molecule has 0 N–H and O–H groups in total. The lowest BCUT2D eigenvalue weighted by molar-refractivity contribution is -0.137. The van der Waals surface area contributed by atoms with E-state index in [1.165, 1.54) is 22.5 Å². The minimum Gasteiger partial charge on any atom is -0.267 e. The summed E-state index contributed by atoms with van der Waals surface area (Å²) in [5, 5.41) is 4.70. The second kappa shape index (κ2) is 7.19. The van der Waals surface area contributed by atoms with Gasteiger partial charge < -0.3 is 0 Å². The fraction of sp³-hybridized carbons (Fsp3) is 0.211. The summed E-state index contributed by atoms with van der Waals surface area (Å²) in [4.78, 5) is 17.3. The summed E-state index contributed by atoms with van der Waals surface area (Å²) in [6.07, 6.45) is -3.62. The number of halogens is 3. The fourth-order valence-corrected chi connectivity index (χ4v) is 3.38. The molecule has 0 aliphatic rings. The first kappa shape index (κ1) is 19.2. The lowest BCUT2D eigenvalue weighted by Crippen LogP contribution is -2.15. The topological polar surface area (TPSA) is 47.8 Å². The Kier molecular flexibility index (Phi) is 5.10. The molecule has 27 heavy (non-hydrogen) atoms. The molecule has 3 rings (SSSR count). The molecule has 0 aliphatic heterocycles. The number of pyridine rings is 1. The molecule has 2 aromatic heterocycles. The summed E-state index contributed by atoms with van der Waals surface area (Å²) >= 11 is 1.18. The summed E-state index contributed by atoms with van der Waals surface area (Å²) in [6.45, 7) is 5.43. The molecular weight excluding hydrogens is 375 g/mol. The monoisotopic (exact) mass is 391 g/mol. The molecule has 0 saturated heterocycles. The molecule has 0 fully saturated rings. The van der Waals surface area contributed by atoms with Crippen LogP contribution in [0.1, 0.15) is 32.9 Å². The number of aryl methyl sites for hydroxylation is 2. The second-order valence-corrected chi connectivity index (χ2v) is 7.10. The summed E-state index contributed by atoms with van der Waals surface area (Å²) in [5.41, 5.74) is 1.98. The van der Waals surface area contributed by atoms with Gasteiger partial charge in [0.05, 0.1) is 21.8 Å². The van der Waals surface area contributed by atoms with Crippen LogP contribution in [0, 0.1) is 20.8 Å². The molecule has 1 aromatic carbocycles. The molecule has 3 aromatic rings. The van der Waals surface area contributed by atoms with E-state index >= 15 is 0 Å². The van der Waals surface area contributed by atoms with E-state index in [2.05, 4.69) is 10.1 Å². The Hall–Kier alpha value is -2.61. The average Bonchev–Trinajstić information content (AvgIpc) is 2.90. The van der Waals surface area contributed by atoms with Gasteiger partial charge in [-0.2, -0.15) is 23.0 Å². The smallest absolute Gasteiger partial charge is 0.267 e. The number of carbonyl (C=O) groups is 1. The zero-order valence-electron chi connectivity index (χ0n) is 14.8. The van der Waals surface area contributed by atoms with Crippen LogP contribution in [0.3, 0.4) is 0 Å². The number of aromatic nitrogens is 3. The molecule has 0 amide bonds. The van der Waals surface area contributed by atoms with Crippen molar-refractivity contribution >= 4 is 17.7 Å². The predicted octanol–water partition coefficient (Wildman–Crippen LogP) is 5.06. The standard InChI is InChI=1S/C19H16F3N3OS/c1-11-4-6-14(7-5-11)18(26)25-13(3)17(12(2)24-25)27-16-9-8-15(10-23-16)19(20,21)22/h4-10H,1-3H3. The van der Waals surface area contributed by atoms with Crippen molar-refractivity contribution in [2.75, 3.05) is 0 Å². The normalized spacial score (nSPS) is 11.6. The van der Waals surface area contributed by atoms with Crippen molar-refractivity contribution in [1.82, 2.24) is 14.8 Å². The van der Waals surface area contributed by atoms with Crippen molar-refractivity contribution in [3.05, 3.63) is 70.7 Å². The SMILES string of the molecule is Cc1ccc(C(=O)n2nc(C)c(Sc3ccc(C(F)(F)F)cn3)c2C)cc1. The second-order valence-electron chi connectivity index (χ2n) is 6.07. The van der Waals surface area contributed by atoms with Gasteiger partial charge in [-0.25, -0.2) is 4.98 Å². The van der Waals surface area contributed by atoms with Crippen molar-refractivity contribution in [2.24, 2.45) is 0 Å². The van der Waals surface area contributed by atoms with Crippen LogP contribution in [0.25, 0.3) is 0 Å². The van der Waals surface area contributed by atoms with Gasteiger partial charge in [-0.15, -0.1) is 0 Å². The maximum atomic E-state index is 12.7. The van der Waals surface area contributed by atoms with E-state index in [1.807, 2.05) is 19.1 Å². The molecule has 2 heterocycles. The van der Waals surface area contributed by atoms with Gasteiger partial charge in [-0.1, -0.05) is 29.5 Å². The van der Waals surface area contributed by atoms with Gasteiger partial charge in [-0.3, -0.25) is 4.79 Å². The van der Waals surface area contributed by atoms with Crippen LogP contribution in [-0.2, 0) is 6.18 Å². The molecule has 0 radical (unpaired) electrons. The third-order valence-corrected chi connectivity index (χ3v) is 5.23. The highest BCUT2D eigenvalue weighted by Gasteiger charge is 2.30. The Morgan fingerprint density at radius 3 is 2.26 bits per heavy atom. The number of rotatable bonds is 3. The van der Waals surface area contributed by atoms with Crippen LogP contribution < -0.4 is 0 Å². The number of nitrogens with zero attached hydrogens (tertiary/aromatic N) is 3. The third kappa shape index (κ3) is 4.05. The maximum Gasteiger partial charge on any atom is 0.417 e. The van der Waals surface area contributed by atoms with Gasteiger partial charge in [0.2, 0.25) is 0 Å². The van der Waals surface area contributed by atoms with Crippen molar-refractivity contribution in [3.63, 3.8) is 0 Å². The lowest BCUT2D eigenvalue weighted by Gasteiger charge is -2.07. The van der Waals surface area contributed by atoms with Gasteiger partial charge in [0.15, 0.2) is 0 Å². The molecule has 0 unspecified atom stereocenters. The van der Waals surface area contributed by atoms with Gasteiger partial charge in [0.1, 0.15) is 5.03 Å². The molecule has 0 aliphatic carbocycles. The summed E-state index contributed by atoms with van der Waals surface area (Å²) < 4.78 is 39.3. The van der Waals surface area contributed by atoms with E-state index in [0.717, 1.165) is 17.8 Å². The predicted molar refractivity (Wildman–Crippen MR) is 96.0 cm³/mol. The zero-order valence-corrected chi connectivity index (χ0v) is 15.6. The Balaban J connectivity index is 1.87. The number of hydrogen-bond donors (Lipinski definition) is 0. The van der Waals surface area contributed by atoms with E-state index < -0.39 is 11.7 Å². The highest BCUT2D eigenvalue weighted by molar-refractivity contribution is 7.99. The molecule has 140 valence electrons. The highest BCUT2D eigenvalue weighted by atomic mass is 32.2. The van der Waals surface area contributed by atoms with Crippen LogP contribution >= 0.6 is 11.8 Å². The molecule has 4 nitrogen and oxygen atoms in total. The van der Waals surface area contributed by atoms with Crippen molar-refractivity contribution < 1.29 is 18.0 Å². The van der Waals surface area contributed by atoms with Gasteiger partial charge >= 0.3 is 6.18 Å². The molecule has 0 bridgehead atoms. The van der Waals surface area contributed by atoms with Crippen molar-refractivity contribution in [2.45, 2.75) is 36.9 Å². The van der Waals surface area contributed by atoms with Crippen molar-refractivity contribution in [3.8, 4) is 0 Å². The van der Waals surface area contributed by atoms with Crippen LogP contribution in [0.5, 0.6) is 0 Å². The van der Waals surface area contributed by atoms with E-state index in [-0.39, 0.29) is 5.91 Å². The Labute approximate surface area is 158 Å². The largest absolute Gasteiger partial charge is 0.417 e. The Morgan fingerprint density at radius 2 is 1.70 bits per heavy atom. The van der Waals surface area contributed by atoms with Crippen LogP contribution in [0.15, 0.2) is 52.5 Å². The summed E-state index contributed by atoms with van der Waals surface area (Å²) in [6, 6.07) is 9.46. The third-order valence-electron chi connectivity index (χ3n) is 3.99. The quantitative estimate of drug-likeness (QED) is 0.626. The minimum atomic E-state index is -4.42. The lowest BCUT2D eigenvalue weighted by atomic mass is 10.1. The minimum absolute atomic E-state index is 0.261. The first-order chi connectivity index (χ1) is 12.7. The molecular formula is C19H16F3N3OS. The summed E-state index contributed by atoms with van der Waals surface area (Å²) in [5.74, 6) is -0.261. The highest BCUT2D eigenvalue weighted by Crippen LogP contribution is 2.34. The van der Waals surface area contributed by atoms with E-state index in [4.69, 9.17) is 0 Å².